The third kappa shape index (κ3) is 3.60. The molecule has 0 bridgehead atoms. The quantitative estimate of drug-likeness (QED) is 0.670. The number of hydrogen-bond donors (Lipinski definition) is 0. The fourth-order valence-corrected chi connectivity index (χ4v) is 1.12. The molecule has 76 valence electrons. The average molecular weight is 192 g/mol. The molecule has 0 aliphatic heterocycles. The van der Waals surface area contributed by atoms with Crippen LogP contribution in [0.3, 0.4) is 0 Å². The molecule has 0 fully saturated rings. The summed E-state index contributed by atoms with van der Waals surface area (Å²) in [6, 6.07) is 7.67. The second-order valence-corrected chi connectivity index (χ2v) is 3.72. The zero-order valence-corrected chi connectivity index (χ0v) is 8.69. The lowest BCUT2D eigenvalue weighted by molar-refractivity contribution is -0.107. The van der Waals surface area contributed by atoms with Gasteiger partial charge in [0.05, 0.1) is 6.61 Å². The second-order valence-electron chi connectivity index (χ2n) is 3.72. The van der Waals surface area contributed by atoms with Gasteiger partial charge in [0.1, 0.15) is 12.0 Å². The van der Waals surface area contributed by atoms with Crippen molar-refractivity contribution >= 4 is 6.29 Å². The van der Waals surface area contributed by atoms with Gasteiger partial charge in [-0.3, -0.25) is 0 Å². The summed E-state index contributed by atoms with van der Waals surface area (Å²) < 4.78 is 5.54. The van der Waals surface area contributed by atoms with E-state index in [-0.39, 0.29) is 0 Å². The van der Waals surface area contributed by atoms with Crippen molar-refractivity contribution in [1.82, 2.24) is 0 Å². The molecule has 0 aromatic heterocycles. The maximum Gasteiger partial charge on any atom is 0.124 e. The predicted molar refractivity (Wildman–Crippen MR) is 56.5 cm³/mol. The monoisotopic (exact) mass is 192 g/mol. The minimum atomic E-state index is 0.457. The Labute approximate surface area is 84.9 Å². The normalized spacial score (nSPS) is 10.2. The molecule has 0 saturated carbocycles. The highest BCUT2D eigenvalue weighted by molar-refractivity contribution is 5.55. The number of ether oxygens (including phenoxy) is 1. The molecule has 0 heterocycles. The molecule has 0 aliphatic rings. The molecule has 0 atom stereocenters. The van der Waals surface area contributed by atoms with Gasteiger partial charge in [-0.25, -0.2) is 0 Å². The Bertz CT molecular complexity index is 292. The molecule has 0 N–H and O–H groups in total. The summed E-state index contributed by atoms with van der Waals surface area (Å²) >= 11 is 0. The van der Waals surface area contributed by atoms with E-state index < -0.39 is 0 Å². The molecule has 0 radical (unpaired) electrons. The van der Waals surface area contributed by atoms with E-state index in [2.05, 4.69) is 13.8 Å². The molecular formula is C12H16O2. The Hall–Kier alpha value is -1.31. The fraction of sp³-hybridized carbons (Fsp3) is 0.417. The maximum atomic E-state index is 10.3. The van der Waals surface area contributed by atoms with Crippen molar-refractivity contribution in [2.24, 2.45) is 5.92 Å². The molecule has 0 saturated heterocycles. The summed E-state index contributed by atoms with van der Waals surface area (Å²) in [6.07, 6.45) is 1.36. The smallest absolute Gasteiger partial charge is 0.124 e. The molecule has 14 heavy (non-hydrogen) atoms. The van der Waals surface area contributed by atoms with E-state index in [1.807, 2.05) is 24.3 Å². The number of benzene rings is 1. The summed E-state index contributed by atoms with van der Waals surface area (Å²) in [5.41, 5.74) is 1.00. The van der Waals surface area contributed by atoms with Crippen molar-refractivity contribution in [1.29, 1.82) is 0 Å². The molecule has 1 aromatic rings. The van der Waals surface area contributed by atoms with Crippen molar-refractivity contribution < 1.29 is 9.53 Å². The van der Waals surface area contributed by atoms with Gasteiger partial charge in [-0.05, 0) is 23.6 Å². The van der Waals surface area contributed by atoms with Crippen LogP contribution < -0.4 is 4.74 Å². The van der Waals surface area contributed by atoms with Crippen LogP contribution in [0.15, 0.2) is 24.3 Å². The van der Waals surface area contributed by atoms with Crippen molar-refractivity contribution in [2.45, 2.75) is 20.3 Å². The fourth-order valence-electron chi connectivity index (χ4n) is 1.12. The molecule has 0 amide bonds. The van der Waals surface area contributed by atoms with Crippen LogP contribution in [0.2, 0.25) is 0 Å². The van der Waals surface area contributed by atoms with E-state index in [4.69, 9.17) is 4.74 Å². The van der Waals surface area contributed by atoms with E-state index in [0.717, 1.165) is 17.6 Å². The topological polar surface area (TPSA) is 26.3 Å². The molecule has 2 heteroatoms. The van der Waals surface area contributed by atoms with E-state index in [9.17, 15) is 4.79 Å². The largest absolute Gasteiger partial charge is 0.493 e. The summed E-state index contributed by atoms with van der Waals surface area (Å²) in [5.74, 6) is 1.36. The summed E-state index contributed by atoms with van der Waals surface area (Å²) in [7, 11) is 0. The van der Waals surface area contributed by atoms with Gasteiger partial charge < -0.3 is 9.53 Å². The van der Waals surface area contributed by atoms with Gasteiger partial charge in [0.2, 0.25) is 0 Å². The van der Waals surface area contributed by atoms with Crippen molar-refractivity contribution in [2.75, 3.05) is 6.61 Å². The molecular weight excluding hydrogens is 176 g/mol. The lowest BCUT2D eigenvalue weighted by atomic mass is 10.1. The van der Waals surface area contributed by atoms with Crippen LogP contribution in [-0.4, -0.2) is 12.9 Å². The highest BCUT2D eigenvalue weighted by atomic mass is 16.5. The van der Waals surface area contributed by atoms with Crippen molar-refractivity contribution in [3.63, 3.8) is 0 Å². The SMILES string of the molecule is CC(C)COc1cccc(CC=O)c1. The average Bonchev–Trinajstić information content (AvgIpc) is 2.16. The molecule has 1 rings (SSSR count). The Morgan fingerprint density at radius 2 is 2.21 bits per heavy atom. The Morgan fingerprint density at radius 1 is 1.43 bits per heavy atom. The first-order valence-corrected chi connectivity index (χ1v) is 4.87. The first kappa shape index (κ1) is 10.8. The van der Waals surface area contributed by atoms with Gasteiger partial charge in [-0.15, -0.1) is 0 Å². The van der Waals surface area contributed by atoms with E-state index in [0.29, 0.717) is 18.9 Å². The highest BCUT2D eigenvalue weighted by Gasteiger charge is 1.98. The summed E-state index contributed by atoms with van der Waals surface area (Å²) in [5, 5.41) is 0. The minimum absolute atomic E-state index is 0.457. The van der Waals surface area contributed by atoms with Crippen LogP contribution in [0.25, 0.3) is 0 Å². The number of aldehydes is 1. The molecule has 0 spiro atoms. The van der Waals surface area contributed by atoms with E-state index in [1.165, 1.54) is 0 Å². The third-order valence-corrected chi connectivity index (χ3v) is 1.80. The second kappa shape index (κ2) is 5.43. The van der Waals surface area contributed by atoms with Gasteiger partial charge in [-0.2, -0.15) is 0 Å². The number of rotatable bonds is 5. The van der Waals surface area contributed by atoms with Crippen LogP contribution in [0.5, 0.6) is 5.75 Å². The van der Waals surface area contributed by atoms with Crippen molar-refractivity contribution in [3.05, 3.63) is 29.8 Å². The van der Waals surface area contributed by atoms with E-state index >= 15 is 0 Å². The van der Waals surface area contributed by atoms with Gasteiger partial charge in [0, 0.05) is 6.42 Å². The Balaban J connectivity index is 2.58. The van der Waals surface area contributed by atoms with Gasteiger partial charge in [0.25, 0.3) is 0 Å². The standard InChI is InChI=1S/C12H16O2/c1-10(2)9-14-12-5-3-4-11(8-12)6-7-13/h3-5,7-8,10H,6,9H2,1-2H3. The third-order valence-electron chi connectivity index (χ3n) is 1.80. The maximum absolute atomic E-state index is 10.3. The summed E-state index contributed by atoms with van der Waals surface area (Å²) in [6.45, 7) is 4.93. The zero-order chi connectivity index (χ0) is 10.4. The number of hydrogen-bond acceptors (Lipinski definition) is 2. The molecule has 2 nitrogen and oxygen atoms in total. The lowest BCUT2D eigenvalue weighted by Crippen LogP contribution is -2.04. The van der Waals surface area contributed by atoms with Crippen LogP contribution in [0.1, 0.15) is 19.4 Å². The van der Waals surface area contributed by atoms with Gasteiger partial charge in [-0.1, -0.05) is 26.0 Å². The molecule has 0 unspecified atom stereocenters. The number of carbonyl (C=O) groups excluding carboxylic acids is 1. The summed E-state index contributed by atoms with van der Waals surface area (Å²) in [4.78, 5) is 10.3. The predicted octanol–water partition coefficient (Wildman–Crippen LogP) is 2.46. The lowest BCUT2D eigenvalue weighted by Gasteiger charge is -2.09. The van der Waals surface area contributed by atoms with Gasteiger partial charge >= 0.3 is 0 Å². The van der Waals surface area contributed by atoms with Crippen molar-refractivity contribution in [3.8, 4) is 5.75 Å². The van der Waals surface area contributed by atoms with Crippen LogP contribution in [0, 0.1) is 5.92 Å². The Kier molecular flexibility index (Phi) is 4.17. The first-order chi connectivity index (χ1) is 6.72. The highest BCUT2D eigenvalue weighted by Crippen LogP contribution is 2.14. The zero-order valence-electron chi connectivity index (χ0n) is 8.69. The van der Waals surface area contributed by atoms with Crippen LogP contribution >= 0.6 is 0 Å². The Morgan fingerprint density at radius 3 is 2.86 bits per heavy atom. The number of carbonyl (C=O) groups is 1. The molecule has 0 aliphatic carbocycles. The molecule has 1 aromatic carbocycles. The van der Waals surface area contributed by atoms with Gasteiger partial charge in [0.15, 0.2) is 0 Å². The van der Waals surface area contributed by atoms with Crippen LogP contribution in [-0.2, 0) is 11.2 Å². The van der Waals surface area contributed by atoms with E-state index in [1.54, 1.807) is 0 Å². The van der Waals surface area contributed by atoms with Crippen LogP contribution in [0.4, 0.5) is 0 Å². The first-order valence-electron chi connectivity index (χ1n) is 4.87. The minimum Gasteiger partial charge on any atom is -0.493 e.